The first-order valence-corrected chi connectivity index (χ1v) is 9.32. The van der Waals surface area contributed by atoms with Gasteiger partial charge in [0.05, 0.1) is 6.61 Å². The highest BCUT2D eigenvalue weighted by Crippen LogP contribution is 2.26. The summed E-state index contributed by atoms with van der Waals surface area (Å²) in [5, 5.41) is 0. The van der Waals surface area contributed by atoms with Crippen molar-refractivity contribution < 1.29 is 4.74 Å². The van der Waals surface area contributed by atoms with Gasteiger partial charge in [0.2, 0.25) is 0 Å². The smallest absolute Gasteiger partial charge is 0.120 e. The van der Waals surface area contributed by atoms with Crippen LogP contribution in [0.2, 0.25) is 0 Å². The van der Waals surface area contributed by atoms with E-state index in [-0.39, 0.29) is 0 Å². The van der Waals surface area contributed by atoms with Crippen LogP contribution >= 0.6 is 23.4 Å². The predicted octanol–water partition coefficient (Wildman–Crippen LogP) is 5.76. The van der Waals surface area contributed by atoms with Crippen molar-refractivity contribution in [3.05, 3.63) is 24.3 Å². The largest absolute Gasteiger partial charge is 0.493 e. The van der Waals surface area contributed by atoms with E-state index in [9.17, 15) is 0 Å². The third-order valence-corrected chi connectivity index (χ3v) is 5.27. The van der Waals surface area contributed by atoms with Crippen molar-refractivity contribution in [2.45, 2.75) is 49.8 Å². The highest BCUT2D eigenvalue weighted by atomic mass is 35.5. The molecule has 1 saturated carbocycles. The summed E-state index contributed by atoms with van der Waals surface area (Å²) in [7, 11) is 0. The van der Waals surface area contributed by atoms with Gasteiger partial charge in [-0.1, -0.05) is 38.2 Å². The maximum Gasteiger partial charge on any atom is 0.120 e. The van der Waals surface area contributed by atoms with E-state index in [0.29, 0.717) is 5.88 Å². The van der Waals surface area contributed by atoms with Gasteiger partial charge in [0.1, 0.15) is 5.75 Å². The summed E-state index contributed by atoms with van der Waals surface area (Å²) in [5.74, 6) is 3.40. The van der Waals surface area contributed by atoms with Crippen LogP contribution in [-0.4, -0.2) is 18.2 Å². The van der Waals surface area contributed by atoms with Crippen molar-refractivity contribution in [2.24, 2.45) is 5.92 Å². The number of halogens is 1. The quantitative estimate of drug-likeness (QED) is 0.488. The van der Waals surface area contributed by atoms with Gasteiger partial charge >= 0.3 is 0 Å². The number of alkyl halides is 1. The molecule has 0 aromatic heterocycles. The van der Waals surface area contributed by atoms with Gasteiger partial charge in [-0.2, -0.15) is 0 Å². The molecule has 20 heavy (non-hydrogen) atoms. The number of hydrogen-bond donors (Lipinski definition) is 0. The molecule has 1 aromatic carbocycles. The van der Waals surface area contributed by atoms with Gasteiger partial charge in [-0.05, 0) is 37.0 Å². The van der Waals surface area contributed by atoms with Gasteiger partial charge in [0, 0.05) is 16.5 Å². The average molecular weight is 313 g/mol. The molecule has 1 fully saturated rings. The van der Waals surface area contributed by atoms with Gasteiger partial charge in [-0.25, -0.2) is 0 Å². The zero-order valence-corrected chi connectivity index (χ0v) is 13.7. The average Bonchev–Trinajstić information content (AvgIpc) is 2.44. The fourth-order valence-corrected chi connectivity index (χ4v) is 3.65. The fraction of sp³-hybridized carbons (Fsp3) is 0.647. The lowest BCUT2D eigenvalue weighted by atomic mass is 9.92. The Morgan fingerprint density at radius 3 is 2.60 bits per heavy atom. The van der Waals surface area contributed by atoms with Crippen LogP contribution in [0.4, 0.5) is 0 Å². The summed E-state index contributed by atoms with van der Waals surface area (Å²) in [4.78, 5) is 1.25. The molecular formula is C17H25ClOS. The molecule has 0 amide bonds. The summed E-state index contributed by atoms with van der Waals surface area (Å²) in [5.41, 5.74) is 0. The molecule has 2 rings (SSSR count). The number of thioether (sulfide) groups is 1. The first-order valence-electron chi connectivity index (χ1n) is 7.80. The Hall–Kier alpha value is -0.340. The number of benzene rings is 1. The van der Waals surface area contributed by atoms with Crippen molar-refractivity contribution in [3.8, 4) is 5.75 Å². The summed E-state index contributed by atoms with van der Waals surface area (Å²) in [6.45, 7) is 0.879. The lowest BCUT2D eigenvalue weighted by molar-refractivity contribution is 0.218. The molecular weight excluding hydrogens is 288 g/mol. The van der Waals surface area contributed by atoms with E-state index in [2.05, 4.69) is 24.3 Å². The van der Waals surface area contributed by atoms with Gasteiger partial charge in [0.15, 0.2) is 0 Å². The second-order valence-corrected chi connectivity index (χ2v) is 7.08. The monoisotopic (exact) mass is 312 g/mol. The van der Waals surface area contributed by atoms with Gasteiger partial charge in [0.25, 0.3) is 0 Å². The molecule has 0 aliphatic heterocycles. The SMILES string of the molecule is ClCCSc1cccc(OCC2CCCCCCC2)c1. The number of hydrogen-bond acceptors (Lipinski definition) is 2. The molecule has 0 atom stereocenters. The second-order valence-electron chi connectivity index (χ2n) is 5.53. The molecule has 112 valence electrons. The molecule has 0 heterocycles. The summed E-state index contributed by atoms with van der Waals surface area (Å²) in [6, 6.07) is 8.40. The summed E-state index contributed by atoms with van der Waals surface area (Å²) >= 11 is 7.52. The molecule has 1 aromatic rings. The van der Waals surface area contributed by atoms with Crippen LogP contribution in [0, 0.1) is 5.92 Å². The standard InChI is InChI=1S/C17H25ClOS/c18-11-12-20-17-10-6-9-16(13-17)19-14-15-7-4-2-1-3-5-8-15/h6,9-10,13,15H,1-5,7-8,11-12,14H2. The van der Waals surface area contributed by atoms with Crippen LogP contribution in [0.5, 0.6) is 5.75 Å². The Kier molecular flexibility index (Phi) is 7.67. The zero-order chi connectivity index (χ0) is 14.0. The van der Waals surface area contributed by atoms with Gasteiger partial charge < -0.3 is 4.74 Å². The predicted molar refractivity (Wildman–Crippen MR) is 89.2 cm³/mol. The molecule has 0 bridgehead atoms. The van der Waals surface area contributed by atoms with Crippen molar-refractivity contribution in [1.29, 1.82) is 0 Å². The lowest BCUT2D eigenvalue weighted by Gasteiger charge is -2.20. The molecule has 0 unspecified atom stereocenters. The van der Waals surface area contributed by atoms with E-state index >= 15 is 0 Å². The second kappa shape index (κ2) is 9.57. The molecule has 1 aliphatic carbocycles. The Bertz CT molecular complexity index is 375. The number of ether oxygens (including phenoxy) is 1. The zero-order valence-electron chi connectivity index (χ0n) is 12.2. The molecule has 0 spiro atoms. The highest BCUT2D eigenvalue weighted by molar-refractivity contribution is 7.99. The van der Waals surface area contributed by atoms with Crippen LogP contribution in [0.15, 0.2) is 29.2 Å². The van der Waals surface area contributed by atoms with E-state index in [1.165, 1.54) is 49.8 Å². The normalized spacial score (nSPS) is 17.4. The molecule has 1 nitrogen and oxygen atoms in total. The van der Waals surface area contributed by atoms with Crippen LogP contribution in [-0.2, 0) is 0 Å². The van der Waals surface area contributed by atoms with Crippen molar-refractivity contribution >= 4 is 23.4 Å². The minimum atomic E-state index is 0.692. The van der Waals surface area contributed by atoms with Gasteiger partial charge in [-0.15, -0.1) is 23.4 Å². The highest BCUT2D eigenvalue weighted by Gasteiger charge is 2.12. The molecule has 1 aliphatic rings. The fourth-order valence-electron chi connectivity index (χ4n) is 2.73. The van der Waals surface area contributed by atoms with Crippen LogP contribution in [0.1, 0.15) is 44.9 Å². The molecule has 0 radical (unpaired) electrons. The van der Waals surface area contributed by atoms with Crippen LogP contribution in [0.25, 0.3) is 0 Å². The lowest BCUT2D eigenvalue weighted by Crippen LogP contribution is -2.13. The summed E-state index contributed by atoms with van der Waals surface area (Å²) < 4.78 is 6.02. The van der Waals surface area contributed by atoms with Crippen LogP contribution < -0.4 is 4.74 Å². The van der Waals surface area contributed by atoms with Crippen molar-refractivity contribution in [1.82, 2.24) is 0 Å². The first kappa shape index (κ1) is 16.0. The minimum Gasteiger partial charge on any atom is -0.493 e. The maximum absolute atomic E-state index is 6.02. The first-order chi connectivity index (χ1) is 9.88. The molecule has 0 N–H and O–H groups in total. The van der Waals surface area contributed by atoms with Gasteiger partial charge in [-0.3, -0.25) is 0 Å². The third kappa shape index (κ3) is 5.97. The third-order valence-electron chi connectivity index (χ3n) is 3.86. The van der Waals surface area contributed by atoms with E-state index in [4.69, 9.17) is 16.3 Å². The van der Waals surface area contributed by atoms with Crippen molar-refractivity contribution in [2.75, 3.05) is 18.2 Å². The Labute approximate surface area is 132 Å². The van der Waals surface area contributed by atoms with E-state index in [0.717, 1.165) is 24.0 Å². The molecule has 0 saturated heterocycles. The Morgan fingerprint density at radius 1 is 1.10 bits per heavy atom. The minimum absolute atomic E-state index is 0.692. The van der Waals surface area contributed by atoms with E-state index < -0.39 is 0 Å². The van der Waals surface area contributed by atoms with E-state index in [1.807, 2.05) is 0 Å². The van der Waals surface area contributed by atoms with E-state index in [1.54, 1.807) is 11.8 Å². The van der Waals surface area contributed by atoms with Crippen LogP contribution in [0.3, 0.4) is 0 Å². The summed E-state index contributed by atoms with van der Waals surface area (Å²) in [6.07, 6.45) is 9.65. The maximum atomic E-state index is 6.02. The topological polar surface area (TPSA) is 9.23 Å². The molecule has 3 heteroatoms. The Balaban J connectivity index is 1.79. The van der Waals surface area contributed by atoms with Crippen molar-refractivity contribution in [3.63, 3.8) is 0 Å². The number of rotatable bonds is 6. The Morgan fingerprint density at radius 2 is 1.85 bits per heavy atom.